The van der Waals surface area contributed by atoms with E-state index >= 15 is 0 Å². The molecule has 0 aliphatic heterocycles. The van der Waals surface area contributed by atoms with Crippen molar-refractivity contribution in [3.8, 4) is 0 Å². The van der Waals surface area contributed by atoms with Crippen molar-refractivity contribution in [3.05, 3.63) is 0 Å². The van der Waals surface area contributed by atoms with Crippen LogP contribution in [0.25, 0.3) is 0 Å². The van der Waals surface area contributed by atoms with Gasteiger partial charge >= 0.3 is 5.97 Å². The van der Waals surface area contributed by atoms with Gasteiger partial charge in [-0.05, 0) is 6.42 Å². The zero-order chi connectivity index (χ0) is 25.4. The van der Waals surface area contributed by atoms with Crippen LogP contribution in [-0.4, -0.2) is 82.2 Å². The van der Waals surface area contributed by atoms with Gasteiger partial charge in [0.15, 0.2) is 0 Å². The molecule has 0 heterocycles. The van der Waals surface area contributed by atoms with Crippen LogP contribution in [-0.2, 0) is 9.53 Å². The molecule has 0 saturated carbocycles. The second-order valence-electron chi connectivity index (χ2n) is 9.45. The number of hydrogen-bond donors (Lipinski definition) is 6. The molecule has 0 bridgehead atoms. The van der Waals surface area contributed by atoms with Gasteiger partial charge in [0.25, 0.3) is 0 Å². The Balaban J connectivity index is 3.41. The maximum atomic E-state index is 11.7. The minimum Gasteiger partial charge on any atom is -0.465 e. The monoisotopic (exact) mass is 491 g/mol. The van der Waals surface area contributed by atoms with Gasteiger partial charge in [0.05, 0.1) is 25.9 Å². The molecule has 34 heavy (non-hydrogen) atoms. The van der Waals surface area contributed by atoms with Gasteiger partial charge in [-0.1, -0.05) is 103 Å². The van der Waals surface area contributed by atoms with E-state index < -0.39 is 37.0 Å². The Morgan fingerprint density at radius 3 is 1.53 bits per heavy atom. The third-order valence-corrected chi connectivity index (χ3v) is 6.21. The van der Waals surface area contributed by atoms with Gasteiger partial charge in [-0.15, -0.1) is 0 Å². The largest absolute Gasteiger partial charge is 0.465 e. The number of hydrogen-bond acceptors (Lipinski definition) is 8. The maximum Gasteiger partial charge on any atom is 0.319 e. The fourth-order valence-corrected chi connectivity index (χ4v) is 3.89. The maximum absolute atomic E-state index is 11.7. The van der Waals surface area contributed by atoms with Gasteiger partial charge in [0, 0.05) is 6.54 Å². The lowest BCUT2D eigenvalue weighted by molar-refractivity contribution is -0.143. The molecule has 0 amide bonds. The van der Waals surface area contributed by atoms with E-state index in [0.29, 0.717) is 6.61 Å². The SMILES string of the molecule is CCCCCCCCCCCCCCCCCCOC(=O)CNC[C@H](O)[C@@H](O)[C@H](O)[C@H](O)CO. The number of esters is 1. The third-order valence-electron chi connectivity index (χ3n) is 6.21. The molecule has 6 N–H and O–H groups in total. The van der Waals surface area contributed by atoms with Gasteiger partial charge in [0.1, 0.15) is 18.3 Å². The third kappa shape index (κ3) is 19.5. The molecule has 0 unspecified atom stereocenters. The average molecular weight is 492 g/mol. The molecule has 8 nitrogen and oxygen atoms in total. The highest BCUT2D eigenvalue weighted by molar-refractivity contribution is 5.71. The molecule has 0 radical (unpaired) electrons. The predicted molar refractivity (Wildman–Crippen MR) is 134 cm³/mol. The summed E-state index contributed by atoms with van der Waals surface area (Å²) in [6.07, 6.45) is 14.4. The fourth-order valence-electron chi connectivity index (χ4n) is 3.89. The van der Waals surface area contributed by atoms with Gasteiger partial charge in [-0.3, -0.25) is 4.79 Å². The van der Waals surface area contributed by atoms with Crippen molar-refractivity contribution in [2.24, 2.45) is 0 Å². The van der Waals surface area contributed by atoms with E-state index in [-0.39, 0.29) is 13.1 Å². The number of ether oxygens (including phenoxy) is 1. The van der Waals surface area contributed by atoms with E-state index in [4.69, 9.17) is 9.84 Å². The summed E-state index contributed by atoms with van der Waals surface area (Å²) in [6.45, 7) is 1.61. The number of rotatable bonds is 25. The molecule has 0 saturated heterocycles. The van der Waals surface area contributed by atoms with E-state index in [1.165, 1.54) is 83.5 Å². The molecule has 8 heteroatoms. The Kier molecular flexibility index (Phi) is 23.4. The quantitative estimate of drug-likeness (QED) is 0.0846. The number of carbonyl (C=O) groups is 1. The summed E-state index contributed by atoms with van der Waals surface area (Å²) in [5, 5.41) is 49.7. The Bertz CT molecular complexity index is 453. The van der Waals surface area contributed by atoms with Crippen molar-refractivity contribution in [1.82, 2.24) is 5.32 Å². The highest BCUT2D eigenvalue weighted by Crippen LogP contribution is 2.13. The molecule has 4 atom stereocenters. The first-order valence-electron chi connectivity index (χ1n) is 13.6. The van der Waals surface area contributed by atoms with Gasteiger partial charge in [0.2, 0.25) is 0 Å². The molecule has 0 aromatic rings. The van der Waals surface area contributed by atoms with E-state index in [2.05, 4.69) is 12.2 Å². The molecule has 0 fully saturated rings. The first kappa shape index (κ1) is 33.2. The molecule has 0 aromatic carbocycles. The van der Waals surface area contributed by atoms with Crippen LogP contribution < -0.4 is 5.32 Å². The topological polar surface area (TPSA) is 139 Å². The Hall–Kier alpha value is -0.770. The van der Waals surface area contributed by atoms with Crippen LogP contribution in [0, 0.1) is 0 Å². The van der Waals surface area contributed by atoms with Crippen LogP contribution in [0.3, 0.4) is 0 Å². The van der Waals surface area contributed by atoms with E-state index in [1.54, 1.807) is 0 Å². The first-order valence-corrected chi connectivity index (χ1v) is 13.6. The van der Waals surface area contributed by atoms with Crippen molar-refractivity contribution < 1.29 is 35.1 Å². The summed E-state index contributed by atoms with van der Waals surface area (Å²) in [5.74, 6) is -0.446. The Labute approximate surface area is 207 Å². The minimum absolute atomic E-state index is 0.124. The summed E-state index contributed by atoms with van der Waals surface area (Å²) in [5.41, 5.74) is 0. The minimum atomic E-state index is -1.68. The molecule has 204 valence electrons. The van der Waals surface area contributed by atoms with Crippen LogP contribution in [0.4, 0.5) is 0 Å². The lowest BCUT2D eigenvalue weighted by Crippen LogP contribution is -2.49. The summed E-state index contributed by atoms with van der Waals surface area (Å²) in [7, 11) is 0. The number of nitrogens with one attached hydrogen (secondary N) is 1. The Morgan fingerprint density at radius 1 is 0.676 bits per heavy atom. The first-order chi connectivity index (χ1) is 16.4. The molecule has 0 spiro atoms. The van der Waals surface area contributed by atoms with Crippen LogP contribution in [0.5, 0.6) is 0 Å². The molecule has 0 rings (SSSR count). The Morgan fingerprint density at radius 2 is 1.09 bits per heavy atom. The summed E-state index contributed by atoms with van der Waals surface area (Å²) < 4.78 is 5.14. The van der Waals surface area contributed by atoms with Crippen LogP contribution >= 0.6 is 0 Å². The smallest absolute Gasteiger partial charge is 0.319 e. The van der Waals surface area contributed by atoms with E-state index in [9.17, 15) is 25.2 Å². The predicted octanol–water partition coefficient (Wildman–Crippen LogP) is 2.82. The molecular weight excluding hydrogens is 438 g/mol. The lowest BCUT2D eigenvalue weighted by atomic mass is 10.0. The highest BCUT2D eigenvalue weighted by Gasteiger charge is 2.29. The van der Waals surface area contributed by atoms with Crippen LogP contribution in [0.1, 0.15) is 110 Å². The molecular formula is C26H53NO7. The molecule has 0 aromatic heterocycles. The highest BCUT2D eigenvalue weighted by atomic mass is 16.5. The normalized spacial score (nSPS) is 15.1. The van der Waals surface area contributed by atoms with Crippen molar-refractivity contribution >= 4 is 5.97 Å². The summed E-state index contributed by atoms with van der Waals surface area (Å²) >= 11 is 0. The second-order valence-corrected chi connectivity index (χ2v) is 9.45. The lowest BCUT2D eigenvalue weighted by Gasteiger charge is -2.25. The van der Waals surface area contributed by atoms with Gasteiger partial charge in [-0.2, -0.15) is 0 Å². The van der Waals surface area contributed by atoms with Crippen molar-refractivity contribution in [1.29, 1.82) is 0 Å². The number of aliphatic hydroxyl groups excluding tert-OH is 5. The fraction of sp³-hybridized carbons (Fsp3) is 0.962. The summed E-state index contributed by atoms with van der Waals surface area (Å²) in [6, 6.07) is 0. The van der Waals surface area contributed by atoms with Crippen molar-refractivity contribution in [2.45, 2.75) is 134 Å². The number of aliphatic hydroxyl groups is 5. The zero-order valence-corrected chi connectivity index (χ0v) is 21.5. The van der Waals surface area contributed by atoms with E-state index in [0.717, 1.165) is 19.3 Å². The van der Waals surface area contributed by atoms with Crippen LogP contribution in [0.15, 0.2) is 0 Å². The van der Waals surface area contributed by atoms with Crippen LogP contribution in [0.2, 0.25) is 0 Å². The second kappa shape index (κ2) is 23.9. The molecule has 0 aliphatic carbocycles. The zero-order valence-electron chi connectivity index (χ0n) is 21.5. The molecule has 0 aliphatic rings. The van der Waals surface area contributed by atoms with Gasteiger partial charge < -0.3 is 35.6 Å². The number of unbranched alkanes of at least 4 members (excludes halogenated alkanes) is 15. The van der Waals surface area contributed by atoms with Crippen molar-refractivity contribution in [3.63, 3.8) is 0 Å². The summed E-state index contributed by atoms with van der Waals surface area (Å²) in [4.78, 5) is 11.7. The van der Waals surface area contributed by atoms with Crippen molar-refractivity contribution in [2.75, 3.05) is 26.3 Å². The standard InChI is InChI=1S/C26H53NO7/c1-2-3-4-5-6-7-8-9-10-11-12-13-14-15-16-17-18-34-24(31)20-27-19-22(29)25(32)26(33)23(30)21-28/h22-23,25-30,32-33H,2-21H2,1H3/t22-,23+,25+,26+/m0/s1. The number of carbonyl (C=O) groups excluding carboxylic acids is 1. The van der Waals surface area contributed by atoms with E-state index in [1.807, 2.05) is 0 Å². The average Bonchev–Trinajstić information content (AvgIpc) is 2.84. The van der Waals surface area contributed by atoms with Gasteiger partial charge in [-0.25, -0.2) is 0 Å².